The Labute approximate surface area is 306 Å². The van der Waals surface area contributed by atoms with Crippen LogP contribution in [-0.2, 0) is 28.6 Å². The fourth-order valence-electron chi connectivity index (χ4n) is 5.59. The predicted molar refractivity (Wildman–Crippen MR) is 203 cm³/mol. The molecule has 2 atom stereocenters. The van der Waals surface area contributed by atoms with Crippen molar-refractivity contribution < 1.29 is 38.2 Å². The number of allylic oxidation sites excluding steroid dienone is 6. The number of carbonyl (C=O) groups excluding carboxylic acids is 3. The van der Waals surface area contributed by atoms with Crippen LogP contribution in [0, 0.1) is 0 Å². The first-order valence-corrected chi connectivity index (χ1v) is 20.0. The molecule has 0 aliphatic heterocycles. The number of carboxylic acid groups (broad SMARTS) is 1. The van der Waals surface area contributed by atoms with Gasteiger partial charge in [-0.2, -0.15) is 0 Å². The first kappa shape index (κ1) is 47.5. The molecule has 0 N–H and O–H groups in total. The molecule has 0 rings (SSSR count). The Morgan fingerprint density at radius 2 is 1.10 bits per heavy atom. The number of unbranched alkanes of at least 4 members (excludes halogenated alkanes) is 15. The first-order chi connectivity index (χ1) is 24.1. The normalized spacial score (nSPS) is 13.4. The smallest absolute Gasteiger partial charge is 0.306 e. The third-order valence-electron chi connectivity index (χ3n) is 8.76. The quantitative estimate of drug-likeness (QED) is 0.0281. The fourth-order valence-corrected chi connectivity index (χ4v) is 5.59. The van der Waals surface area contributed by atoms with E-state index in [0.717, 1.165) is 44.9 Å². The number of carboxylic acids is 1. The second-order valence-electron chi connectivity index (χ2n) is 14.5. The second-order valence-corrected chi connectivity index (χ2v) is 14.5. The molecule has 0 aromatic carbocycles. The topological polar surface area (TPSA) is 102 Å². The van der Waals surface area contributed by atoms with Crippen LogP contribution in [0.4, 0.5) is 0 Å². The monoisotopic (exact) mass is 706 g/mol. The van der Waals surface area contributed by atoms with E-state index in [2.05, 4.69) is 44.2 Å². The summed E-state index contributed by atoms with van der Waals surface area (Å²) in [5, 5.41) is 11.6. The largest absolute Gasteiger partial charge is 0.544 e. The molecule has 0 aliphatic rings. The zero-order chi connectivity index (χ0) is 37.1. The van der Waals surface area contributed by atoms with Crippen LogP contribution in [0.25, 0.3) is 0 Å². The molecule has 2 unspecified atom stereocenters. The van der Waals surface area contributed by atoms with Gasteiger partial charge in [0.2, 0.25) is 0 Å². The summed E-state index contributed by atoms with van der Waals surface area (Å²) in [5.41, 5.74) is 0. The Kier molecular flexibility index (Phi) is 32.0. The van der Waals surface area contributed by atoms with Crippen LogP contribution in [0.15, 0.2) is 36.5 Å². The van der Waals surface area contributed by atoms with Gasteiger partial charge in [-0.05, 0) is 57.8 Å². The summed E-state index contributed by atoms with van der Waals surface area (Å²) in [6, 6.07) is -0.733. The summed E-state index contributed by atoms with van der Waals surface area (Å²) in [5.74, 6) is -1.84. The highest BCUT2D eigenvalue weighted by Crippen LogP contribution is 2.12. The highest BCUT2D eigenvalue weighted by atomic mass is 16.6. The van der Waals surface area contributed by atoms with Crippen LogP contribution in [0.5, 0.6) is 0 Å². The summed E-state index contributed by atoms with van der Waals surface area (Å²) < 4.78 is 17.0. The van der Waals surface area contributed by atoms with E-state index < -0.39 is 18.1 Å². The van der Waals surface area contributed by atoms with E-state index in [4.69, 9.17) is 14.2 Å². The number of esters is 2. The zero-order valence-electron chi connectivity index (χ0n) is 32.8. The summed E-state index contributed by atoms with van der Waals surface area (Å²) >= 11 is 0. The number of rotatable bonds is 35. The van der Waals surface area contributed by atoms with Crippen molar-refractivity contribution in [1.82, 2.24) is 0 Å². The van der Waals surface area contributed by atoms with Crippen molar-refractivity contribution in [2.45, 2.75) is 174 Å². The minimum absolute atomic E-state index is 0.0182. The molecule has 8 nitrogen and oxygen atoms in total. The van der Waals surface area contributed by atoms with Gasteiger partial charge in [0.1, 0.15) is 12.6 Å². The van der Waals surface area contributed by atoms with Gasteiger partial charge in [0, 0.05) is 19.3 Å². The predicted octanol–water partition coefficient (Wildman–Crippen LogP) is 8.96. The van der Waals surface area contributed by atoms with E-state index in [1.54, 1.807) is 21.1 Å². The van der Waals surface area contributed by atoms with Gasteiger partial charge in [0.25, 0.3) is 0 Å². The molecule has 0 amide bonds. The molecule has 0 fully saturated rings. The number of nitrogens with zero attached hydrogens (tertiary/aromatic N) is 1. The van der Waals surface area contributed by atoms with Crippen LogP contribution in [-0.4, -0.2) is 75.5 Å². The molecule has 0 aliphatic carbocycles. The molecule has 0 bridgehead atoms. The van der Waals surface area contributed by atoms with E-state index >= 15 is 0 Å². The minimum Gasteiger partial charge on any atom is -0.544 e. The van der Waals surface area contributed by atoms with Gasteiger partial charge in [-0.3, -0.25) is 9.59 Å². The molecule has 8 heteroatoms. The van der Waals surface area contributed by atoms with Gasteiger partial charge in [-0.15, -0.1) is 0 Å². The minimum atomic E-state index is -1.13. The van der Waals surface area contributed by atoms with Crippen molar-refractivity contribution in [3.8, 4) is 0 Å². The standard InChI is InChI=1S/C42H75NO7/c1-6-8-10-12-14-16-18-20-22-24-26-28-30-32-40(44)49-37-38(36-48-35-34-39(42(46)47)43(3,4)5)50-41(45)33-31-29-27-25-23-21-19-17-15-13-11-9-7-2/h20-23,26,28,38-39H,6-19,24-25,27,29-37H2,1-5H3/b22-20+,23-21+,28-26+. The first-order valence-electron chi connectivity index (χ1n) is 20.0. The molecule has 50 heavy (non-hydrogen) atoms. The number of likely N-dealkylation sites (N-methyl/N-ethyl adjacent to an activating group) is 1. The van der Waals surface area contributed by atoms with Crippen molar-refractivity contribution in [1.29, 1.82) is 0 Å². The average Bonchev–Trinajstić information content (AvgIpc) is 3.06. The number of hydrogen-bond donors (Lipinski definition) is 0. The van der Waals surface area contributed by atoms with E-state index in [0.29, 0.717) is 12.8 Å². The Balaban J connectivity index is 4.51. The maximum atomic E-state index is 12.6. The van der Waals surface area contributed by atoms with Gasteiger partial charge in [-0.25, -0.2) is 0 Å². The molecular formula is C42H75NO7. The van der Waals surface area contributed by atoms with Gasteiger partial charge < -0.3 is 28.6 Å². The van der Waals surface area contributed by atoms with E-state index in [1.165, 1.54) is 77.0 Å². The Morgan fingerprint density at radius 3 is 1.64 bits per heavy atom. The van der Waals surface area contributed by atoms with Crippen LogP contribution in [0.2, 0.25) is 0 Å². The second kappa shape index (κ2) is 33.7. The molecule has 0 radical (unpaired) electrons. The summed E-state index contributed by atoms with van der Waals surface area (Å²) in [7, 11) is 5.38. The number of carbonyl (C=O) groups is 3. The lowest BCUT2D eigenvalue weighted by atomic mass is 10.1. The molecule has 290 valence electrons. The lowest BCUT2D eigenvalue weighted by Crippen LogP contribution is -2.55. The number of quaternary nitrogens is 1. The maximum Gasteiger partial charge on any atom is 0.306 e. The van der Waals surface area contributed by atoms with E-state index in [9.17, 15) is 19.5 Å². The molecule has 0 saturated carbocycles. The number of aliphatic carboxylic acids is 1. The molecule has 0 aromatic rings. The summed E-state index contributed by atoms with van der Waals surface area (Å²) in [4.78, 5) is 36.6. The highest BCUT2D eigenvalue weighted by Gasteiger charge is 2.25. The average molecular weight is 706 g/mol. The highest BCUT2D eigenvalue weighted by molar-refractivity contribution is 5.70. The SMILES string of the molecule is CCCCCCCC/C=C/C/C=C/CCC(=O)OCC(COCCC(C(=O)[O-])[N+](C)(C)C)OC(=O)CCCCC/C=C/CCCCCCCC. The Bertz CT molecular complexity index is 922. The molecular weight excluding hydrogens is 630 g/mol. The fraction of sp³-hybridized carbons (Fsp3) is 0.786. The van der Waals surface area contributed by atoms with Gasteiger partial charge in [-0.1, -0.05) is 121 Å². The third-order valence-corrected chi connectivity index (χ3v) is 8.76. The van der Waals surface area contributed by atoms with Crippen molar-refractivity contribution in [2.24, 2.45) is 0 Å². The molecule has 0 aromatic heterocycles. The third kappa shape index (κ3) is 31.5. The van der Waals surface area contributed by atoms with Crippen molar-refractivity contribution in [3.63, 3.8) is 0 Å². The van der Waals surface area contributed by atoms with E-state index in [-0.39, 0.29) is 49.1 Å². The van der Waals surface area contributed by atoms with E-state index in [1.807, 2.05) is 6.08 Å². The lowest BCUT2D eigenvalue weighted by Gasteiger charge is -2.34. The summed E-state index contributed by atoms with van der Waals surface area (Å²) in [6.07, 6.45) is 36.1. The van der Waals surface area contributed by atoms with Crippen molar-refractivity contribution in [2.75, 3.05) is 41.0 Å². The number of hydrogen-bond acceptors (Lipinski definition) is 7. The number of ether oxygens (including phenoxy) is 3. The van der Waals surface area contributed by atoms with Crippen LogP contribution >= 0.6 is 0 Å². The van der Waals surface area contributed by atoms with Gasteiger partial charge in [0.05, 0.1) is 40.3 Å². The Morgan fingerprint density at radius 1 is 0.600 bits per heavy atom. The van der Waals surface area contributed by atoms with Crippen LogP contribution < -0.4 is 5.11 Å². The maximum absolute atomic E-state index is 12.6. The Hall–Kier alpha value is -2.45. The molecule has 0 saturated heterocycles. The zero-order valence-corrected chi connectivity index (χ0v) is 32.8. The van der Waals surface area contributed by atoms with Gasteiger partial charge >= 0.3 is 11.9 Å². The van der Waals surface area contributed by atoms with Crippen molar-refractivity contribution >= 4 is 17.9 Å². The van der Waals surface area contributed by atoms with Crippen molar-refractivity contribution in [3.05, 3.63) is 36.5 Å². The molecule has 0 spiro atoms. The molecule has 0 heterocycles. The van der Waals surface area contributed by atoms with Crippen LogP contribution in [0.1, 0.15) is 162 Å². The lowest BCUT2D eigenvalue weighted by molar-refractivity contribution is -0.889. The van der Waals surface area contributed by atoms with Gasteiger partial charge in [0.15, 0.2) is 6.10 Å². The van der Waals surface area contributed by atoms with Crippen LogP contribution in [0.3, 0.4) is 0 Å². The summed E-state index contributed by atoms with van der Waals surface area (Å²) in [6.45, 7) is 4.55.